The van der Waals surface area contributed by atoms with E-state index in [0.29, 0.717) is 46.5 Å². The summed E-state index contributed by atoms with van der Waals surface area (Å²) in [5.41, 5.74) is -0.0340. The van der Waals surface area contributed by atoms with Crippen LogP contribution >= 0.6 is 0 Å². The molecule has 2 heterocycles. The first-order chi connectivity index (χ1) is 6.87. The molecule has 0 spiro atoms. The Kier molecular flexibility index (Phi) is 3.35. The highest BCUT2D eigenvalue weighted by Gasteiger charge is 2.46. The van der Waals surface area contributed by atoms with E-state index in [1.165, 1.54) is 0 Å². The van der Waals surface area contributed by atoms with Crippen LogP contribution in [0.25, 0.3) is 0 Å². The van der Waals surface area contributed by atoms with Gasteiger partial charge in [0.1, 0.15) is 13.5 Å². The Hall–Kier alpha value is -0.200. The van der Waals surface area contributed by atoms with E-state index in [9.17, 15) is 0 Å². The summed E-state index contributed by atoms with van der Waals surface area (Å²) in [6.07, 6.45) is 0. The smallest absolute Gasteiger partial charge is 0.102 e. The summed E-state index contributed by atoms with van der Waals surface area (Å²) in [6.45, 7) is 4.67. The van der Waals surface area contributed by atoms with Crippen molar-refractivity contribution in [3.63, 3.8) is 0 Å². The van der Waals surface area contributed by atoms with Crippen molar-refractivity contribution in [1.82, 2.24) is 4.90 Å². The molecule has 2 aliphatic rings. The van der Waals surface area contributed by atoms with Crippen LogP contribution < -0.4 is 0 Å². The molecule has 0 saturated carbocycles. The van der Waals surface area contributed by atoms with Crippen LogP contribution in [0.3, 0.4) is 0 Å². The molecule has 0 atom stereocenters. The fraction of sp³-hybridized carbons (Fsp3) is 1.00. The van der Waals surface area contributed by atoms with Crippen molar-refractivity contribution in [1.29, 1.82) is 0 Å². The molecule has 82 valence electrons. The Labute approximate surface area is 83.9 Å². The molecular formula is C9H17NO4. The normalized spacial score (nSPS) is 25.5. The highest BCUT2D eigenvalue weighted by atomic mass is 16.6. The van der Waals surface area contributed by atoms with Crippen molar-refractivity contribution >= 4 is 0 Å². The van der Waals surface area contributed by atoms with Crippen molar-refractivity contribution in [2.24, 2.45) is 0 Å². The fourth-order valence-electron chi connectivity index (χ4n) is 1.81. The van der Waals surface area contributed by atoms with E-state index < -0.39 is 0 Å². The second-order valence-corrected chi connectivity index (χ2v) is 3.76. The van der Waals surface area contributed by atoms with E-state index in [2.05, 4.69) is 4.90 Å². The van der Waals surface area contributed by atoms with Crippen molar-refractivity contribution in [2.45, 2.75) is 5.54 Å². The summed E-state index contributed by atoms with van der Waals surface area (Å²) in [6, 6.07) is 0. The van der Waals surface area contributed by atoms with Crippen molar-refractivity contribution in [3.05, 3.63) is 0 Å². The molecule has 0 aromatic heterocycles. The number of nitrogens with zero attached hydrogens (tertiary/aromatic N) is 1. The lowest BCUT2D eigenvalue weighted by Crippen LogP contribution is -2.47. The summed E-state index contributed by atoms with van der Waals surface area (Å²) >= 11 is 0. The van der Waals surface area contributed by atoms with Crippen LogP contribution in [0.1, 0.15) is 0 Å². The molecule has 2 fully saturated rings. The van der Waals surface area contributed by atoms with Crippen LogP contribution in [0, 0.1) is 0 Å². The molecule has 2 aliphatic heterocycles. The van der Waals surface area contributed by atoms with Crippen LogP contribution in [0.15, 0.2) is 0 Å². The number of rotatable bonds is 5. The average Bonchev–Trinajstić information content (AvgIpc) is 2.71. The van der Waals surface area contributed by atoms with Gasteiger partial charge in [0.2, 0.25) is 0 Å². The third-order valence-corrected chi connectivity index (χ3v) is 2.71. The Morgan fingerprint density at radius 2 is 1.93 bits per heavy atom. The molecule has 0 bridgehead atoms. The summed E-state index contributed by atoms with van der Waals surface area (Å²) in [7, 11) is 1.67. The van der Waals surface area contributed by atoms with E-state index >= 15 is 0 Å². The lowest BCUT2D eigenvalue weighted by Gasteiger charge is -2.26. The van der Waals surface area contributed by atoms with Crippen molar-refractivity contribution < 1.29 is 18.9 Å². The number of fused-ring (bicyclic) bond motifs is 1. The van der Waals surface area contributed by atoms with Gasteiger partial charge in [0.05, 0.1) is 38.6 Å². The zero-order valence-electron chi connectivity index (χ0n) is 8.53. The van der Waals surface area contributed by atoms with Gasteiger partial charge in [0.15, 0.2) is 0 Å². The lowest BCUT2D eigenvalue weighted by molar-refractivity contribution is 0.0177. The minimum Gasteiger partial charge on any atom is -0.382 e. The molecule has 2 saturated heterocycles. The quantitative estimate of drug-likeness (QED) is 0.572. The van der Waals surface area contributed by atoms with Crippen molar-refractivity contribution in [2.75, 3.05) is 53.6 Å². The molecule has 0 amide bonds. The Morgan fingerprint density at radius 3 is 2.57 bits per heavy atom. The molecule has 14 heavy (non-hydrogen) atoms. The van der Waals surface area contributed by atoms with Gasteiger partial charge in [-0.2, -0.15) is 0 Å². The maximum atomic E-state index is 5.54. The minimum absolute atomic E-state index is 0.0340. The van der Waals surface area contributed by atoms with Crippen molar-refractivity contribution in [3.8, 4) is 0 Å². The number of ether oxygens (including phenoxy) is 4. The molecular weight excluding hydrogens is 186 g/mol. The molecule has 5 heteroatoms. The van der Waals surface area contributed by atoms with Crippen LogP contribution in [0.4, 0.5) is 0 Å². The Balaban J connectivity index is 1.77. The molecule has 0 aromatic carbocycles. The SMILES string of the molecule is COCCOCC12COCN1COC2. The molecule has 0 aliphatic carbocycles. The van der Waals surface area contributed by atoms with Gasteiger partial charge in [0.25, 0.3) is 0 Å². The van der Waals surface area contributed by atoms with Crippen LogP contribution in [-0.4, -0.2) is 64.0 Å². The number of hydrogen-bond donors (Lipinski definition) is 0. The minimum atomic E-state index is -0.0340. The molecule has 2 rings (SSSR count). The van der Waals surface area contributed by atoms with E-state index in [0.717, 1.165) is 0 Å². The third kappa shape index (κ3) is 1.92. The van der Waals surface area contributed by atoms with E-state index in [1.807, 2.05) is 0 Å². The molecule has 0 unspecified atom stereocenters. The largest absolute Gasteiger partial charge is 0.382 e. The lowest BCUT2D eigenvalue weighted by atomic mass is 10.0. The van der Waals surface area contributed by atoms with Gasteiger partial charge in [-0.25, -0.2) is 4.90 Å². The first kappa shape index (κ1) is 10.3. The van der Waals surface area contributed by atoms with Gasteiger partial charge in [-0.15, -0.1) is 0 Å². The van der Waals surface area contributed by atoms with E-state index in [4.69, 9.17) is 18.9 Å². The fourth-order valence-corrected chi connectivity index (χ4v) is 1.81. The Bertz CT molecular complexity index is 178. The van der Waals surface area contributed by atoms with Gasteiger partial charge in [-0.05, 0) is 0 Å². The second-order valence-electron chi connectivity index (χ2n) is 3.76. The monoisotopic (exact) mass is 203 g/mol. The first-order valence-electron chi connectivity index (χ1n) is 4.85. The predicted octanol–water partition coefficient (Wildman–Crippen LogP) is -0.334. The van der Waals surface area contributed by atoms with Gasteiger partial charge >= 0.3 is 0 Å². The third-order valence-electron chi connectivity index (χ3n) is 2.71. The van der Waals surface area contributed by atoms with E-state index in [-0.39, 0.29) is 5.54 Å². The summed E-state index contributed by atoms with van der Waals surface area (Å²) in [5.74, 6) is 0. The summed E-state index contributed by atoms with van der Waals surface area (Å²) in [5, 5.41) is 0. The maximum Gasteiger partial charge on any atom is 0.102 e. The summed E-state index contributed by atoms with van der Waals surface area (Å²) in [4.78, 5) is 2.18. The maximum absolute atomic E-state index is 5.54. The Morgan fingerprint density at radius 1 is 1.21 bits per heavy atom. The molecule has 0 N–H and O–H groups in total. The molecule has 0 aromatic rings. The predicted molar refractivity (Wildman–Crippen MR) is 48.9 cm³/mol. The van der Waals surface area contributed by atoms with Gasteiger partial charge in [-0.1, -0.05) is 0 Å². The highest BCUT2D eigenvalue weighted by Crippen LogP contribution is 2.28. The first-order valence-corrected chi connectivity index (χ1v) is 4.85. The van der Waals surface area contributed by atoms with Crippen LogP contribution in [-0.2, 0) is 18.9 Å². The average molecular weight is 203 g/mol. The van der Waals surface area contributed by atoms with Gasteiger partial charge < -0.3 is 18.9 Å². The van der Waals surface area contributed by atoms with Gasteiger partial charge in [-0.3, -0.25) is 0 Å². The van der Waals surface area contributed by atoms with Gasteiger partial charge in [0, 0.05) is 7.11 Å². The second kappa shape index (κ2) is 4.55. The topological polar surface area (TPSA) is 40.2 Å². The van der Waals surface area contributed by atoms with Crippen LogP contribution in [0.2, 0.25) is 0 Å². The standard InChI is InChI=1S/C9H17NO4/c1-11-2-3-12-4-9-5-13-7-10(9)8-14-6-9/h2-8H2,1H3. The van der Waals surface area contributed by atoms with Crippen LogP contribution in [0.5, 0.6) is 0 Å². The zero-order valence-corrected chi connectivity index (χ0v) is 8.53. The molecule has 5 nitrogen and oxygen atoms in total. The number of methoxy groups -OCH3 is 1. The number of hydrogen-bond acceptors (Lipinski definition) is 5. The summed E-state index contributed by atoms with van der Waals surface area (Å²) < 4.78 is 21.3. The highest BCUT2D eigenvalue weighted by molar-refractivity contribution is 4.95. The van der Waals surface area contributed by atoms with E-state index in [1.54, 1.807) is 7.11 Å². The zero-order chi connectivity index (χ0) is 9.86. The molecule has 0 radical (unpaired) electrons.